The van der Waals surface area contributed by atoms with Gasteiger partial charge in [-0.1, -0.05) is 42.5 Å². The van der Waals surface area contributed by atoms with Gasteiger partial charge in [-0.3, -0.25) is 4.79 Å². The number of aryl methyl sites for hydroxylation is 1. The van der Waals surface area contributed by atoms with Crippen LogP contribution in [-0.4, -0.2) is 18.1 Å². The minimum atomic E-state index is -0.316. The third-order valence-electron chi connectivity index (χ3n) is 3.88. The molecule has 3 nitrogen and oxygen atoms in total. The van der Waals surface area contributed by atoms with E-state index in [0.717, 1.165) is 23.3 Å². The summed E-state index contributed by atoms with van der Waals surface area (Å²) >= 11 is 0. The van der Waals surface area contributed by atoms with Crippen LogP contribution in [0.1, 0.15) is 30.5 Å². The number of amides is 1. The van der Waals surface area contributed by atoms with E-state index >= 15 is 0 Å². The Bertz CT molecular complexity index is 663. The summed E-state index contributed by atoms with van der Waals surface area (Å²) in [5, 5.41) is 3.05. The van der Waals surface area contributed by atoms with Crippen LogP contribution in [0.15, 0.2) is 48.5 Å². The third kappa shape index (κ3) is 5.13. The molecule has 1 N–H and O–H groups in total. The maximum atomic E-state index is 12.2. The van der Waals surface area contributed by atoms with Gasteiger partial charge in [0.1, 0.15) is 5.75 Å². The molecule has 2 aromatic carbocycles. The van der Waals surface area contributed by atoms with Crippen LogP contribution in [0.25, 0.3) is 0 Å². The summed E-state index contributed by atoms with van der Waals surface area (Å²) in [6, 6.07) is 16.0. The first-order valence-electron chi connectivity index (χ1n) is 7.91. The first kappa shape index (κ1) is 17.1. The van der Waals surface area contributed by atoms with Crippen LogP contribution in [-0.2, 0) is 11.2 Å². The van der Waals surface area contributed by atoms with E-state index in [2.05, 4.69) is 17.4 Å². The molecule has 0 spiro atoms. The Hall–Kier alpha value is -2.29. The lowest BCUT2D eigenvalue weighted by Crippen LogP contribution is -2.47. The number of nitrogens with one attached hydrogen (secondary N) is 1. The largest absolute Gasteiger partial charge is 0.483 e. The molecule has 0 atom stereocenters. The van der Waals surface area contributed by atoms with Crippen LogP contribution in [0.2, 0.25) is 0 Å². The van der Waals surface area contributed by atoms with Gasteiger partial charge in [0.05, 0.1) is 0 Å². The van der Waals surface area contributed by atoms with Crippen molar-refractivity contribution in [3.63, 3.8) is 0 Å². The van der Waals surface area contributed by atoms with Crippen molar-refractivity contribution in [2.45, 2.75) is 39.7 Å². The number of carbonyl (C=O) groups excluding carboxylic acids is 1. The summed E-state index contributed by atoms with van der Waals surface area (Å²) in [7, 11) is 0. The standard InChI is InChI=1S/C20H25NO2/c1-15-9-8-12-18(16(15)2)23-14-19(22)21-20(3,4)13-17-10-6-5-7-11-17/h5-12H,13-14H2,1-4H3,(H,21,22). The molecule has 1 amide bonds. The third-order valence-corrected chi connectivity index (χ3v) is 3.88. The Labute approximate surface area is 138 Å². The van der Waals surface area contributed by atoms with Gasteiger partial charge in [0, 0.05) is 5.54 Å². The second-order valence-corrected chi connectivity index (χ2v) is 6.58. The van der Waals surface area contributed by atoms with E-state index in [1.54, 1.807) is 0 Å². The Morgan fingerprint density at radius 3 is 2.43 bits per heavy atom. The fourth-order valence-electron chi connectivity index (χ4n) is 2.59. The topological polar surface area (TPSA) is 38.3 Å². The fourth-order valence-corrected chi connectivity index (χ4v) is 2.59. The monoisotopic (exact) mass is 311 g/mol. The van der Waals surface area contributed by atoms with Crippen molar-refractivity contribution in [1.29, 1.82) is 0 Å². The van der Waals surface area contributed by atoms with Gasteiger partial charge < -0.3 is 10.1 Å². The minimum absolute atomic E-state index is 0.0303. The van der Waals surface area contributed by atoms with E-state index in [9.17, 15) is 4.79 Å². The molecule has 0 saturated carbocycles. The van der Waals surface area contributed by atoms with E-state index in [1.807, 2.05) is 64.1 Å². The molecule has 0 aliphatic heterocycles. The lowest BCUT2D eigenvalue weighted by Gasteiger charge is -2.26. The van der Waals surface area contributed by atoms with Crippen molar-refractivity contribution in [1.82, 2.24) is 5.32 Å². The van der Waals surface area contributed by atoms with Crippen molar-refractivity contribution in [3.8, 4) is 5.75 Å². The number of hydrogen-bond donors (Lipinski definition) is 1. The predicted molar refractivity (Wildman–Crippen MR) is 93.8 cm³/mol. The molecule has 0 radical (unpaired) electrons. The van der Waals surface area contributed by atoms with Crippen molar-refractivity contribution in [3.05, 3.63) is 65.2 Å². The Morgan fingerprint density at radius 1 is 1.04 bits per heavy atom. The highest BCUT2D eigenvalue weighted by Crippen LogP contribution is 2.20. The molecule has 0 heterocycles. The summed E-state index contributed by atoms with van der Waals surface area (Å²) in [4.78, 5) is 12.2. The summed E-state index contributed by atoms with van der Waals surface area (Å²) in [5.74, 6) is 0.660. The lowest BCUT2D eigenvalue weighted by atomic mass is 9.95. The van der Waals surface area contributed by atoms with Gasteiger partial charge in [-0.25, -0.2) is 0 Å². The zero-order chi connectivity index (χ0) is 16.9. The van der Waals surface area contributed by atoms with Crippen LogP contribution in [0.4, 0.5) is 0 Å². The van der Waals surface area contributed by atoms with Crippen LogP contribution in [0.5, 0.6) is 5.75 Å². The maximum absolute atomic E-state index is 12.2. The molecule has 122 valence electrons. The first-order chi connectivity index (χ1) is 10.9. The molecule has 0 bridgehead atoms. The van der Waals surface area contributed by atoms with E-state index in [1.165, 1.54) is 5.56 Å². The molecule has 0 fully saturated rings. The van der Waals surface area contributed by atoms with E-state index in [0.29, 0.717) is 0 Å². The number of carbonyl (C=O) groups is 1. The Morgan fingerprint density at radius 2 is 1.74 bits per heavy atom. The molecule has 3 heteroatoms. The van der Waals surface area contributed by atoms with Crippen molar-refractivity contribution in [2.75, 3.05) is 6.61 Å². The summed E-state index contributed by atoms with van der Waals surface area (Å²) < 4.78 is 5.66. The van der Waals surface area contributed by atoms with Gasteiger partial charge >= 0.3 is 0 Å². The van der Waals surface area contributed by atoms with Gasteiger partial charge in [0.15, 0.2) is 6.61 Å². The van der Waals surface area contributed by atoms with Gasteiger partial charge in [0.2, 0.25) is 0 Å². The maximum Gasteiger partial charge on any atom is 0.258 e. The SMILES string of the molecule is Cc1cccc(OCC(=O)NC(C)(C)Cc2ccccc2)c1C. The quantitative estimate of drug-likeness (QED) is 0.880. The average molecular weight is 311 g/mol. The van der Waals surface area contributed by atoms with Crippen LogP contribution >= 0.6 is 0 Å². The molecule has 0 aliphatic carbocycles. The molecule has 23 heavy (non-hydrogen) atoms. The van der Waals surface area contributed by atoms with Crippen LogP contribution < -0.4 is 10.1 Å². The highest BCUT2D eigenvalue weighted by atomic mass is 16.5. The van der Waals surface area contributed by atoms with Crippen LogP contribution in [0.3, 0.4) is 0 Å². The highest BCUT2D eigenvalue weighted by Gasteiger charge is 2.21. The van der Waals surface area contributed by atoms with Crippen LogP contribution in [0, 0.1) is 13.8 Å². The molecule has 0 unspecified atom stereocenters. The molecule has 0 saturated heterocycles. The van der Waals surface area contributed by atoms with Crippen molar-refractivity contribution < 1.29 is 9.53 Å². The Kier molecular flexibility index (Phi) is 5.43. The van der Waals surface area contributed by atoms with E-state index in [-0.39, 0.29) is 18.1 Å². The minimum Gasteiger partial charge on any atom is -0.483 e. The van der Waals surface area contributed by atoms with Gasteiger partial charge in [0.25, 0.3) is 5.91 Å². The highest BCUT2D eigenvalue weighted by molar-refractivity contribution is 5.78. The second kappa shape index (κ2) is 7.32. The van der Waals surface area contributed by atoms with E-state index < -0.39 is 0 Å². The lowest BCUT2D eigenvalue weighted by molar-refractivity contribution is -0.124. The zero-order valence-electron chi connectivity index (χ0n) is 14.3. The summed E-state index contributed by atoms with van der Waals surface area (Å²) in [5.41, 5.74) is 3.12. The Balaban J connectivity index is 1.90. The molecule has 0 aromatic heterocycles. The fraction of sp³-hybridized carbons (Fsp3) is 0.350. The second-order valence-electron chi connectivity index (χ2n) is 6.58. The predicted octanol–water partition coefficient (Wildman–Crippen LogP) is 3.82. The smallest absolute Gasteiger partial charge is 0.258 e. The summed E-state index contributed by atoms with van der Waals surface area (Å²) in [6.45, 7) is 8.11. The van der Waals surface area contributed by atoms with Crippen molar-refractivity contribution in [2.24, 2.45) is 0 Å². The molecule has 2 rings (SSSR count). The van der Waals surface area contributed by atoms with E-state index in [4.69, 9.17) is 4.74 Å². The normalized spacial score (nSPS) is 11.1. The zero-order valence-corrected chi connectivity index (χ0v) is 14.3. The number of rotatable bonds is 6. The van der Waals surface area contributed by atoms with Crippen molar-refractivity contribution >= 4 is 5.91 Å². The van der Waals surface area contributed by atoms with Gasteiger partial charge in [-0.15, -0.1) is 0 Å². The molecular formula is C20H25NO2. The number of benzene rings is 2. The van der Waals surface area contributed by atoms with Gasteiger partial charge in [-0.05, 0) is 56.9 Å². The average Bonchev–Trinajstić information content (AvgIpc) is 2.49. The molecule has 0 aliphatic rings. The molecule has 2 aromatic rings. The number of ether oxygens (including phenoxy) is 1. The first-order valence-corrected chi connectivity index (χ1v) is 7.91. The van der Waals surface area contributed by atoms with Gasteiger partial charge in [-0.2, -0.15) is 0 Å². The number of hydrogen-bond acceptors (Lipinski definition) is 2. The summed E-state index contributed by atoms with van der Waals surface area (Å²) in [6.07, 6.45) is 0.781. The molecular weight excluding hydrogens is 286 g/mol.